The van der Waals surface area contributed by atoms with E-state index in [-0.39, 0.29) is 71.3 Å². The van der Waals surface area contributed by atoms with Crippen molar-refractivity contribution >= 4 is 68.0 Å². The van der Waals surface area contributed by atoms with Crippen molar-refractivity contribution in [3.05, 3.63) is 101 Å². The van der Waals surface area contributed by atoms with Crippen molar-refractivity contribution in [3.8, 4) is 11.1 Å². The van der Waals surface area contributed by atoms with Gasteiger partial charge in [0.1, 0.15) is 5.82 Å². The highest BCUT2D eigenvalue weighted by molar-refractivity contribution is 7.22. The fraction of sp³-hybridized carbons (Fsp3) is 0.517. The number of nitrogens with one attached hydrogen (secondary N) is 2. The third kappa shape index (κ3) is 12.8. The second kappa shape index (κ2) is 24.9. The van der Waals surface area contributed by atoms with Crippen LogP contribution in [0.1, 0.15) is 96.5 Å². The van der Waals surface area contributed by atoms with E-state index in [4.69, 9.17) is 33.8 Å². The SMILES string of the molecule is Cc1c(-c2ccc(N3CCc4cccc(C(=O)Nc5nc6ccccc6s5)c4C3)nc2C(=O)O)cnn1CC12CC3(C)CC(OCCN(C)C(=O)CCOCCOCCOCCOCCNC(=O)CCN4C(=O)C=CC4=O)(CC1(C)C3)C2. The molecule has 22 heteroatoms. The van der Waals surface area contributed by atoms with Crippen molar-refractivity contribution in [1.29, 1.82) is 0 Å². The summed E-state index contributed by atoms with van der Waals surface area (Å²) in [5, 5.41) is 21.8. The van der Waals surface area contributed by atoms with Gasteiger partial charge in [-0.25, -0.2) is 14.8 Å². The molecule has 4 bridgehead atoms. The number of hydrogen-bond donors (Lipinski definition) is 3. The number of thiazole rings is 1. The molecule has 436 valence electrons. The summed E-state index contributed by atoms with van der Waals surface area (Å²) in [7, 11) is 1.80. The van der Waals surface area contributed by atoms with Crippen LogP contribution in [0.5, 0.6) is 0 Å². The van der Waals surface area contributed by atoms with Crippen molar-refractivity contribution in [1.82, 2.24) is 34.9 Å². The highest BCUT2D eigenvalue weighted by Crippen LogP contribution is 2.78. The topological polar surface area (TPSA) is 246 Å². The van der Waals surface area contributed by atoms with E-state index in [1.54, 1.807) is 18.1 Å². The van der Waals surface area contributed by atoms with E-state index in [0.29, 0.717) is 114 Å². The number of aromatic nitrogens is 4. The molecular weight excluding hydrogens is 1070 g/mol. The molecule has 0 spiro atoms. The third-order valence-electron chi connectivity index (χ3n) is 17.1. The first-order valence-corrected chi connectivity index (χ1v) is 29.1. The van der Waals surface area contributed by atoms with E-state index in [0.717, 1.165) is 69.6 Å². The summed E-state index contributed by atoms with van der Waals surface area (Å²) in [5.41, 5.74) is 5.09. The smallest absolute Gasteiger partial charge is 0.355 e. The van der Waals surface area contributed by atoms with Crippen LogP contribution in [0.25, 0.3) is 21.3 Å². The molecular formula is C60H73N9O12S. The van der Waals surface area contributed by atoms with Gasteiger partial charge >= 0.3 is 5.97 Å². The number of pyridine rings is 1. The molecule has 21 nitrogen and oxygen atoms in total. The fourth-order valence-electron chi connectivity index (χ4n) is 13.7. The second-order valence-corrected chi connectivity index (χ2v) is 24.1. The zero-order valence-corrected chi connectivity index (χ0v) is 48.0. The Morgan fingerprint density at radius 3 is 2.27 bits per heavy atom. The van der Waals surface area contributed by atoms with Crippen molar-refractivity contribution in [3.63, 3.8) is 0 Å². The van der Waals surface area contributed by atoms with E-state index < -0.39 is 17.8 Å². The molecule has 2 aromatic carbocycles. The Morgan fingerprint density at radius 2 is 1.52 bits per heavy atom. The van der Waals surface area contributed by atoms with Crippen LogP contribution in [-0.4, -0.2) is 168 Å². The van der Waals surface area contributed by atoms with Gasteiger partial charge in [0.15, 0.2) is 10.8 Å². The van der Waals surface area contributed by atoms with E-state index in [1.165, 1.54) is 23.5 Å². The molecule has 4 aliphatic carbocycles. The number of aromatic carboxylic acids is 1. The van der Waals surface area contributed by atoms with E-state index in [9.17, 15) is 33.9 Å². The van der Waals surface area contributed by atoms with Crippen LogP contribution in [-0.2, 0) is 62.4 Å². The maximum atomic E-state index is 13.7. The summed E-state index contributed by atoms with van der Waals surface area (Å²) >= 11 is 1.43. The number of imide groups is 1. The lowest BCUT2D eigenvalue weighted by atomic mass is 9.65. The maximum absolute atomic E-state index is 13.7. The van der Waals surface area contributed by atoms with Crippen molar-refractivity contribution in [2.75, 3.05) is 103 Å². The molecule has 5 heterocycles. The van der Waals surface area contributed by atoms with Gasteiger partial charge in [0.25, 0.3) is 17.7 Å². The average molecular weight is 1140 g/mol. The number of carboxylic acids is 1. The van der Waals surface area contributed by atoms with E-state index in [2.05, 4.69) is 34.1 Å². The fourth-order valence-corrected chi connectivity index (χ4v) is 14.6. The average Bonchev–Trinajstić information content (AvgIpc) is 2.39. The highest BCUT2D eigenvalue weighted by atomic mass is 32.1. The minimum Gasteiger partial charge on any atom is -0.476 e. The Balaban J connectivity index is 0.644. The van der Waals surface area contributed by atoms with Crippen LogP contribution < -0.4 is 15.5 Å². The van der Waals surface area contributed by atoms with Gasteiger partial charge in [0.2, 0.25) is 11.8 Å². The number of carbonyl (C=O) groups is 6. The number of hydrogen-bond acceptors (Lipinski definition) is 16. The second-order valence-electron chi connectivity index (χ2n) is 23.1. The summed E-state index contributed by atoms with van der Waals surface area (Å²) < 4.78 is 32.2. The Kier molecular flexibility index (Phi) is 17.7. The molecule has 4 fully saturated rings. The number of anilines is 2. The largest absolute Gasteiger partial charge is 0.476 e. The number of fused-ring (bicyclic) bond motifs is 2. The van der Waals surface area contributed by atoms with Crippen LogP contribution >= 0.6 is 11.3 Å². The standard InChI is InChI=1S/C60H73N9O12S/c1-40-44(42-12-13-48(64-53(42)55(75)76)67-20-16-41-8-7-9-43(45(41)33-67)54(74)65-56-63-46-10-5-6-11-47(46)82-56)32-62-69(40)39-59-35-57(2)34-58(59,3)37-60(36-57,38-59)81-25-22-66(4)50(71)18-23-77-26-28-79-30-31-80-29-27-78-24-19-61-49(70)17-21-68-51(72)14-15-52(68)73/h5-15,32H,16-31,33-39H2,1-4H3,(H,61,70)(H,75,76)(H,63,65,74). The summed E-state index contributed by atoms with van der Waals surface area (Å²) in [4.78, 5) is 89.1. The van der Waals surface area contributed by atoms with Crippen LogP contribution in [0.15, 0.2) is 72.9 Å². The minimum absolute atomic E-state index is 0.00859. The van der Waals surface area contributed by atoms with Gasteiger partial charge in [-0.15, -0.1) is 0 Å². The summed E-state index contributed by atoms with van der Waals surface area (Å²) in [5.74, 6) is -1.96. The zero-order valence-electron chi connectivity index (χ0n) is 47.2. The monoisotopic (exact) mass is 1140 g/mol. The first kappa shape index (κ1) is 58.3. The summed E-state index contributed by atoms with van der Waals surface area (Å²) in [6, 6.07) is 17.2. The molecule has 4 unspecified atom stereocenters. The van der Waals surface area contributed by atoms with Gasteiger partial charge in [-0.1, -0.05) is 49.4 Å². The van der Waals surface area contributed by atoms with Crippen molar-refractivity contribution in [2.45, 2.75) is 90.8 Å². The lowest BCUT2D eigenvalue weighted by Gasteiger charge is -2.46. The zero-order chi connectivity index (χ0) is 57.7. The van der Waals surface area contributed by atoms with Gasteiger partial charge in [-0.05, 0) is 103 Å². The number of carboxylic acid groups (broad SMARTS) is 1. The number of nitrogens with zero attached hydrogens (tertiary/aromatic N) is 7. The molecule has 82 heavy (non-hydrogen) atoms. The predicted octanol–water partition coefficient (Wildman–Crippen LogP) is 6.47. The quantitative estimate of drug-likeness (QED) is 0.0343. The molecule has 11 rings (SSSR count). The van der Waals surface area contributed by atoms with Crippen molar-refractivity contribution in [2.24, 2.45) is 16.2 Å². The molecule has 0 radical (unpaired) electrons. The minimum atomic E-state index is -1.13. The molecule has 4 atom stereocenters. The lowest BCUT2D eigenvalue weighted by Crippen LogP contribution is -2.45. The molecule has 0 saturated heterocycles. The molecule has 5 aromatic rings. The highest BCUT2D eigenvalue weighted by Gasteiger charge is 2.73. The number of benzene rings is 2. The van der Waals surface area contributed by atoms with Gasteiger partial charge in [0.05, 0.1) is 87.9 Å². The van der Waals surface area contributed by atoms with Gasteiger partial charge < -0.3 is 43.9 Å². The number of carbonyl (C=O) groups excluding carboxylic acids is 5. The van der Waals surface area contributed by atoms with E-state index >= 15 is 0 Å². The Labute approximate surface area is 480 Å². The molecule has 6 aliphatic rings. The maximum Gasteiger partial charge on any atom is 0.355 e. The number of amides is 5. The number of para-hydroxylation sites is 1. The first-order valence-electron chi connectivity index (χ1n) is 28.2. The Bertz CT molecular complexity index is 3200. The van der Waals surface area contributed by atoms with Gasteiger partial charge in [-0.3, -0.25) is 38.9 Å². The van der Waals surface area contributed by atoms with Crippen molar-refractivity contribution < 1.29 is 57.6 Å². The number of rotatable bonds is 29. The third-order valence-corrected chi connectivity index (χ3v) is 18.1. The molecule has 5 amide bonds. The summed E-state index contributed by atoms with van der Waals surface area (Å²) in [6.45, 7) is 12.5. The Hall–Kier alpha value is -6.95. The van der Waals surface area contributed by atoms with Crippen LogP contribution in [0.4, 0.5) is 10.9 Å². The van der Waals surface area contributed by atoms with Gasteiger partial charge in [0, 0.05) is 87.3 Å². The summed E-state index contributed by atoms with van der Waals surface area (Å²) in [6.07, 6.45) is 10.0. The first-order chi connectivity index (χ1) is 39.5. The number of ether oxygens (including phenoxy) is 5. The molecule has 4 saturated carbocycles. The van der Waals surface area contributed by atoms with Gasteiger partial charge in [-0.2, -0.15) is 5.10 Å². The van der Waals surface area contributed by atoms with Crippen LogP contribution in [0.3, 0.4) is 0 Å². The Morgan fingerprint density at radius 1 is 0.793 bits per heavy atom. The molecule has 2 aliphatic heterocycles. The van der Waals surface area contributed by atoms with E-state index in [1.807, 2.05) is 66.4 Å². The molecule has 3 N–H and O–H groups in total. The van der Waals surface area contributed by atoms with Crippen LogP contribution in [0.2, 0.25) is 0 Å². The number of likely N-dealkylation sites (N-methyl/N-ethyl adjacent to an activating group) is 1. The molecule has 3 aromatic heterocycles. The normalized spacial score (nSPS) is 22.4. The van der Waals surface area contributed by atoms with Crippen LogP contribution in [0, 0.1) is 23.2 Å². The predicted molar refractivity (Wildman–Crippen MR) is 305 cm³/mol. The lowest BCUT2D eigenvalue weighted by molar-refractivity contribution is -0.137.